The van der Waals surface area contributed by atoms with Gasteiger partial charge in [0, 0.05) is 38.4 Å². The number of anilines is 1. The Morgan fingerprint density at radius 2 is 1.93 bits per heavy atom. The number of aliphatic imine (C=N–C) groups is 1. The topological polar surface area (TPSA) is 52.6 Å². The van der Waals surface area contributed by atoms with Crippen LogP contribution in [-0.4, -0.2) is 43.7 Å². The van der Waals surface area contributed by atoms with Crippen molar-refractivity contribution in [1.82, 2.24) is 15.6 Å². The molecular weight excluding hydrogens is 346 g/mol. The van der Waals surface area contributed by atoms with Crippen LogP contribution in [0.4, 0.5) is 5.82 Å². The lowest BCUT2D eigenvalue weighted by atomic mass is 9.99. The minimum atomic E-state index is 0.438. The average molecular weight is 380 g/mol. The molecule has 1 fully saturated rings. The van der Waals surface area contributed by atoms with Crippen molar-refractivity contribution in [2.75, 3.05) is 31.6 Å². The molecule has 0 bridgehead atoms. The molecule has 1 unspecified atom stereocenters. The summed E-state index contributed by atoms with van der Waals surface area (Å²) in [7, 11) is 1.85. The van der Waals surface area contributed by atoms with Crippen molar-refractivity contribution in [2.24, 2.45) is 4.99 Å². The van der Waals surface area contributed by atoms with Gasteiger partial charge in [-0.2, -0.15) is 0 Å². The Bertz CT molecular complexity index is 793. The fourth-order valence-electron chi connectivity index (χ4n) is 3.69. The maximum atomic E-state index is 4.65. The molecule has 1 aromatic carbocycles. The van der Waals surface area contributed by atoms with Gasteiger partial charge >= 0.3 is 0 Å². The molecule has 0 aliphatic carbocycles. The molecule has 150 valence electrons. The lowest BCUT2D eigenvalue weighted by molar-refractivity contribution is 0.459. The average Bonchev–Trinajstić information content (AvgIpc) is 2.71. The molecule has 0 radical (unpaired) electrons. The number of aromatic nitrogens is 1. The van der Waals surface area contributed by atoms with Gasteiger partial charge in [0.1, 0.15) is 5.82 Å². The van der Waals surface area contributed by atoms with Crippen LogP contribution in [0.15, 0.2) is 47.5 Å². The van der Waals surface area contributed by atoms with Gasteiger partial charge < -0.3 is 15.5 Å². The number of piperidine rings is 1. The van der Waals surface area contributed by atoms with Crippen molar-refractivity contribution < 1.29 is 0 Å². The second-order valence-electron chi connectivity index (χ2n) is 7.81. The minimum absolute atomic E-state index is 0.438. The van der Waals surface area contributed by atoms with Crippen LogP contribution in [0, 0.1) is 13.8 Å². The van der Waals surface area contributed by atoms with E-state index in [2.05, 4.69) is 75.8 Å². The van der Waals surface area contributed by atoms with Crippen molar-refractivity contribution in [3.05, 3.63) is 59.3 Å². The summed E-state index contributed by atoms with van der Waals surface area (Å²) in [5.41, 5.74) is 3.74. The number of aryl methyl sites for hydroxylation is 2. The molecule has 1 saturated heterocycles. The van der Waals surface area contributed by atoms with Crippen molar-refractivity contribution in [3.63, 3.8) is 0 Å². The van der Waals surface area contributed by atoms with E-state index in [9.17, 15) is 0 Å². The van der Waals surface area contributed by atoms with Crippen molar-refractivity contribution in [2.45, 2.75) is 45.6 Å². The third-order valence-electron chi connectivity index (χ3n) is 5.44. The van der Waals surface area contributed by atoms with Crippen LogP contribution in [0.1, 0.15) is 42.5 Å². The Hall–Kier alpha value is -2.56. The molecule has 2 N–H and O–H groups in total. The molecule has 28 heavy (non-hydrogen) atoms. The van der Waals surface area contributed by atoms with Gasteiger partial charge in [-0.1, -0.05) is 42.8 Å². The molecule has 0 saturated carbocycles. The van der Waals surface area contributed by atoms with E-state index in [0.29, 0.717) is 12.0 Å². The van der Waals surface area contributed by atoms with Crippen LogP contribution in [-0.2, 0) is 0 Å². The van der Waals surface area contributed by atoms with Crippen LogP contribution in [0.25, 0.3) is 0 Å². The second kappa shape index (κ2) is 9.58. The van der Waals surface area contributed by atoms with Gasteiger partial charge in [-0.3, -0.25) is 4.99 Å². The highest BCUT2D eigenvalue weighted by Gasteiger charge is 2.21. The number of pyridine rings is 1. The van der Waals surface area contributed by atoms with Crippen molar-refractivity contribution in [1.29, 1.82) is 0 Å². The Kier molecular flexibility index (Phi) is 6.90. The molecule has 2 heterocycles. The van der Waals surface area contributed by atoms with Gasteiger partial charge in [-0.15, -0.1) is 0 Å². The van der Waals surface area contributed by atoms with Crippen LogP contribution in [0.3, 0.4) is 0 Å². The highest BCUT2D eigenvalue weighted by atomic mass is 15.2. The van der Waals surface area contributed by atoms with Gasteiger partial charge in [-0.25, -0.2) is 4.98 Å². The van der Waals surface area contributed by atoms with E-state index < -0.39 is 0 Å². The molecule has 1 atom stereocenters. The summed E-state index contributed by atoms with van der Waals surface area (Å²) in [5, 5.41) is 7.10. The van der Waals surface area contributed by atoms with E-state index in [0.717, 1.165) is 49.9 Å². The van der Waals surface area contributed by atoms with Gasteiger partial charge in [0.25, 0.3) is 0 Å². The van der Waals surface area contributed by atoms with Crippen LogP contribution in [0.5, 0.6) is 0 Å². The third kappa shape index (κ3) is 5.47. The standard InChI is InChI=1S/C23H33N5/c1-17-7-5-9-20(15-17)18(2)16-25-23(24-4)27-21-11-13-28(14-12-21)22-10-6-8-19(3)26-22/h5-10,15,18,21H,11-14,16H2,1-4H3,(H2,24,25,27). The van der Waals surface area contributed by atoms with E-state index in [1.807, 2.05) is 20.0 Å². The lowest BCUT2D eigenvalue weighted by Gasteiger charge is -2.34. The Labute approximate surface area is 169 Å². The molecule has 0 amide bonds. The first-order chi connectivity index (χ1) is 13.5. The number of guanidine groups is 1. The smallest absolute Gasteiger partial charge is 0.191 e. The lowest BCUT2D eigenvalue weighted by Crippen LogP contribution is -2.49. The predicted octanol–water partition coefficient (Wildman–Crippen LogP) is 3.64. The molecule has 1 aliphatic heterocycles. The van der Waals surface area contributed by atoms with Crippen molar-refractivity contribution >= 4 is 11.8 Å². The maximum absolute atomic E-state index is 4.65. The fraction of sp³-hybridized carbons (Fsp3) is 0.478. The first kappa shape index (κ1) is 20.2. The van der Waals surface area contributed by atoms with Gasteiger partial charge in [0.05, 0.1) is 0 Å². The van der Waals surface area contributed by atoms with E-state index >= 15 is 0 Å². The van der Waals surface area contributed by atoms with Gasteiger partial charge in [0.2, 0.25) is 0 Å². The van der Waals surface area contributed by atoms with Crippen molar-refractivity contribution in [3.8, 4) is 0 Å². The largest absolute Gasteiger partial charge is 0.356 e. The first-order valence-electron chi connectivity index (χ1n) is 10.3. The Morgan fingerprint density at radius 1 is 1.18 bits per heavy atom. The SMILES string of the molecule is CN=C(NCC(C)c1cccc(C)c1)NC1CCN(c2cccc(C)n2)CC1. The van der Waals surface area contributed by atoms with E-state index in [1.165, 1.54) is 11.1 Å². The summed E-state index contributed by atoms with van der Waals surface area (Å²) in [4.78, 5) is 11.5. The molecule has 5 nitrogen and oxygen atoms in total. The molecule has 1 aromatic heterocycles. The third-order valence-corrected chi connectivity index (χ3v) is 5.44. The Balaban J connectivity index is 1.46. The molecule has 3 rings (SSSR count). The van der Waals surface area contributed by atoms with Gasteiger partial charge in [-0.05, 0) is 50.3 Å². The monoisotopic (exact) mass is 379 g/mol. The minimum Gasteiger partial charge on any atom is -0.356 e. The summed E-state index contributed by atoms with van der Waals surface area (Å²) >= 11 is 0. The van der Waals surface area contributed by atoms with Crippen LogP contribution >= 0.6 is 0 Å². The number of hydrogen-bond acceptors (Lipinski definition) is 3. The van der Waals surface area contributed by atoms with E-state index in [1.54, 1.807) is 0 Å². The summed E-state index contributed by atoms with van der Waals surface area (Å²) in [6.07, 6.45) is 2.17. The molecule has 5 heteroatoms. The summed E-state index contributed by atoms with van der Waals surface area (Å²) in [5.74, 6) is 2.42. The molecule has 1 aliphatic rings. The molecule has 2 aromatic rings. The summed E-state index contributed by atoms with van der Waals surface area (Å²) in [6.45, 7) is 9.35. The zero-order chi connectivity index (χ0) is 19.9. The highest BCUT2D eigenvalue weighted by Crippen LogP contribution is 2.18. The predicted molar refractivity (Wildman–Crippen MR) is 118 cm³/mol. The van der Waals surface area contributed by atoms with Crippen LogP contribution in [0.2, 0.25) is 0 Å². The van der Waals surface area contributed by atoms with E-state index in [-0.39, 0.29) is 0 Å². The summed E-state index contributed by atoms with van der Waals surface area (Å²) < 4.78 is 0. The quantitative estimate of drug-likeness (QED) is 0.615. The Morgan fingerprint density at radius 3 is 2.61 bits per heavy atom. The zero-order valence-corrected chi connectivity index (χ0v) is 17.6. The van der Waals surface area contributed by atoms with E-state index in [4.69, 9.17) is 0 Å². The molecule has 0 spiro atoms. The molecular formula is C23H33N5. The van der Waals surface area contributed by atoms with Gasteiger partial charge in [0.15, 0.2) is 5.96 Å². The highest BCUT2D eigenvalue weighted by molar-refractivity contribution is 5.80. The zero-order valence-electron chi connectivity index (χ0n) is 17.6. The number of benzene rings is 1. The second-order valence-corrected chi connectivity index (χ2v) is 7.81. The number of rotatable bonds is 5. The number of hydrogen-bond donors (Lipinski definition) is 2. The summed E-state index contributed by atoms with van der Waals surface area (Å²) in [6, 6.07) is 15.4. The fourth-order valence-corrected chi connectivity index (χ4v) is 3.69. The maximum Gasteiger partial charge on any atom is 0.191 e. The number of nitrogens with zero attached hydrogens (tertiary/aromatic N) is 3. The number of nitrogens with one attached hydrogen (secondary N) is 2. The van der Waals surface area contributed by atoms with Crippen LogP contribution < -0.4 is 15.5 Å². The first-order valence-corrected chi connectivity index (χ1v) is 10.3. The normalized spacial score (nSPS) is 16.7.